The van der Waals surface area contributed by atoms with E-state index in [0.717, 1.165) is 16.7 Å². The molecule has 0 saturated heterocycles. The van der Waals surface area contributed by atoms with Crippen molar-refractivity contribution in [2.24, 2.45) is 0 Å². The van der Waals surface area contributed by atoms with E-state index in [9.17, 15) is 25.9 Å². The lowest BCUT2D eigenvalue weighted by Gasteiger charge is -2.22. The highest BCUT2D eigenvalue weighted by atomic mass is 32.2. The van der Waals surface area contributed by atoms with Gasteiger partial charge in [-0.05, 0) is 88.8 Å². The van der Waals surface area contributed by atoms with Crippen LogP contribution < -0.4 is 4.74 Å². The fraction of sp³-hybridized carbons (Fsp3) is 0.286. The molecule has 0 bridgehead atoms. The predicted molar refractivity (Wildman–Crippen MR) is 191 cm³/mol. The van der Waals surface area contributed by atoms with Crippen LogP contribution in [-0.4, -0.2) is 37.5 Å². The molecule has 0 radical (unpaired) electrons. The summed E-state index contributed by atoms with van der Waals surface area (Å²) in [5.41, 5.74) is 0.580. The van der Waals surface area contributed by atoms with Gasteiger partial charge in [0.1, 0.15) is 23.2 Å². The average molecular weight is 719 g/mol. The molecule has 254 valence electrons. The van der Waals surface area contributed by atoms with Crippen molar-refractivity contribution >= 4 is 50.5 Å². The monoisotopic (exact) mass is 718 g/mol. The number of hydrogen-bond donors (Lipinski definition) is 2. The molecule has 0 amide bonds. The molecule has 0 spiro atoms. The SMILES string of the molecule is C=O.CC.CC(C)(C)Sc1ccc(Oc2ccc(Sc3ccc(-c4ccc(C(C)(C)C)c(S(=O)(=O)O)c4)cc3S(=O)(=O)O)cc2)cc1. The van der Waals surface area contributed by atoms with E-state index < -0.39 is 25.7 Å². The number of thioether (sulfide) groups is 1. The molecule has 0 aliphatic carbocycles. The molecule has 0 heterocycles. The van der Waals surface area contributed by atoms with Crippen LogP contribution in [0.5, 0.6) is 11.5 Å². The van der Waals surface area contributed by atoms with Crippen LogP contribution in [0.4, 0.5) is 0 Å². The number of carbonyl (C=O) groups excluding carboxylic acids is 1. The van der Waals surface area contributed by atoms with Crippen molar-refractivity contribution in [1.82, 2.24) is 0 Å². The summed E-state index contributed by atoms with van der Waals surface area (Å²) in [4.78, 5) is 9.56. The smallest absolute Gasteiger partial charge is 0.295 e. The van der Waals surface area contributed by atoms with E-state index in [2.05, 4.69) is 20.8 Å². The van der Waals surface area contributed by atoms with Crippen LogP contribution in [0.15, 0.2) is 109 Å². The molecule has 2 N–H and O–H groups in total. The Morgan fingerprint density at radius 2 is 1.04 bits per heavy atom. The summed E-state index contributed by atoms with van der Waals surface area (Å²) >= 11 is 2.92. The first kappa shape index (κ1) is 40.0. The molecule has 0 saturated carbocycles. The van der Waals surface area contributed by atoms with E-state index in [1.54, 1.807) is 60.3 Å². The highest BCUT2D eigenvalue weighted by molar-refractivity contribution is 8.00. The van der Waals surface area contributed by atoms with Crippen LogP contribution in [0.1, 0.15) is 61.0 Å². The Labute approximate surface area is 287 Å². The van der Waals surface area contributed by atoms with E-state index >= 15 is 0 Å². The van der Waals surface area contributed by atoms with Crippen molar-refractivity contribution in [3.63, 3.8) is 0 Å². The minimum absolute atomic E-state index is 0.107. The summed E-state index contributed by atoms with van der Waals surface area (Å²) in [6.07, 6.45) is 0. The van der Waals surface area contributed by atoms with Crippen LogP contribution >= 0.6 is 23.5 Å². The molecule has 4 aromatic carbocycles. The average Bonchev–Trinajstić information content (AvgIpc) is 2.99. The zero-order chi connectivity index (χ0) is 35.8. The Kier molecular flexibility index (Phi) is 13.9. The summed E-state index contributed by atoms with van der Waals surface area (Å²) in [5, 5.41) is 0. The van der Waals surface area contributed by atoms with E-state index in [-0.39, 0.29) is 19.4 Å². The Morgan fingerprint density at radius 1 is 0.617 bits per heavy atom. The van der Waals surface area contributed by atoms with Crippen LogP contribution in [0.25, 0.3) is 11.1 Å². The molecule has 12 heteroatoms. The number of benzene rings is 4. The van der Waals surface area contributed by atoms with Gasteiger partial charge in [-0.3, -0.25) is 9.11 Å². The zero-order valence-electron chi connectivity index (χ0n) is 27.8. The van der Waals surface area contributed by atoms with E-state index in [4.69, 9.17) is 9.53 Å². The second kappa shape index (κ2) is 16.3. The molecular weight excluding hydrogens is 677 g/mol. The molecule has 4 rings (SSSR count). The van der Waals surface area contributed by atoms with E-state index in [1.807, 2.05) is 65.7 Å². The Balaban J connectivity index is 0.00000185. The molecular formula is C35H42O8S4. The van der Waals surface area contributed by atoms with Crippen LogP contribution in [0, 0.1) is 0 Å². The van der Waals surface area contributed by atoms with Crippen molar-refractivity contribution < 1.29 is 35.5 Å². The van der Waals surface area contributed by atoms with Gasteiger partial charge in [0, 0.05) is 19.4 Å². The zero-order valence-corrected chi connectivity index (χ0v) is 31.0. The third-order valence-corrected chi connectivity index (χ3v) is 10.3. The molecule has 0 fully saturated rings. The van der Waals surface area contributed by atoms with E-state index in [1.165, 1.54) is 12.1 Å². The quantitative estimate of drug-likeness (QED) is 0.134. The first-order valence-electron chi connectivity index (χ1n) is 14.6. The van der Waals surface area contributed by atoms with Gasteiger partial charge in [-0.25, -0.2) is 0 Å². The maximum Gasteiger partial charge on any atom is 0.295 e. The fourth-order valence-electron chi connectivity index (χ4n) is 4.28. The highest BCUT2D eigenvalue weighted by Crippen LogP contribution is 2.39. The molecule has 0 aliphatic heterocycles. The lowest BCUT2D eigenvalue weighted by atomic mass is 9.86. The van der Waals surface area contributed by atoms with Crippen molar-refractivity contribution in [3.8, 4) is 22.6 Å². The van der Waals surface area contributed by atoms with Gasteiger partial charge < -0.3 is 9.53 Å². The van der Waals surface area contributed by atoms with Gasteiger partial charge in [-0.1, -0.05) is 85.4 Å². The van der Waals surface area contributed by atoms with Crippen molar-refractivity contribution in [3.05, 3.63) is 90.5 Å². The van der Waals surface area contributed by atoms with Crippen molar-refractivity contribution in [2.45, 2.75) is 90.0 Å². The predicted octanol–water partition coefficient (Wildman–Crippen LogP) is 9.82. The molecule has 4 aromatic rings. The third-order valence-electron chi connectivity index (χ3n) is 6.16. The Morgan fingerprint density at radius 3 is 1.47 bits per heavy atom. The molecule has 8 nitrogen and oxygen atoms in total. The molecule has 0 atom stereocenters. The fourth-order valence-corrected chi connectivity index (χ4v) is 8.04. The van der Waals surface area contributed by atoms with Crippen LogP contribution in [0.3, 0.4) is 0 Å². The van der Waals surface area contributed by atoms with Crippen molar-refractivity contribution in [2.75, 3.05) is 0 Å². The van der Waals surface area contributed by atoms with Gasteiger partial charge in [-0.2, -0.15) is 16.8 Å². The largest absolute Gasteiger partial charge is 0.457 e. The van der Waals surface area contributed by atoms with Gasteiger partial charge in [0.05, 0.1) is 4.90 Å². The highest BCUT2D eigenvalue weighted by Gasteiger charge is 2.26. The van der Waals surface area contributed by atoms with Gasteiger partial charge in [0.15, 0.2) is 0 Å². The van der Waals surface area contributed by atoms with Crippen molar-refractivity contribution in [1.29, 1.82) is 0 Å². The van der Waals surface area contributed by atoms with Gasteiger partial charge >= 0.3 is 0 Å². The first-order chi connectivity index (χ1) is 21.8. The molecule has 0 aliphatic rings. The molecule has 47 heavy (non-hydrogen) atoms. The second-order valence-electron chi connectivity index (χ2n) is 11.9. The summed E-state index contributed by atoms with van der Waals surface area (Å²) < 4.78 is 75.1. The number of hydrogen-bond acceptors (Lipinski definition) is 8. The van der Waals surface area contributed by atoms with Gasteiger partial charge in [0.25, 0.3) is 20.2 Å². The van der Waals surface area contributed by atoms with E-state index in [0.29, 0.717) is 33.1 Å². The molecule has 0 unspecified atom stereocenters. The maximum atomic E-state index is 12.4. The van der Waals surface area contributed by atoms with Gasteiger partial charge in [-0.15, -0.1) is 11.8 Å². The number of carbonyl (C=O) groups is 1. The summed E-state index contributed by atoms with van der Waals surface area (Å²) in [6.45, 7) is 17.9. The standard InChI is InChI=1S/C32H34O7S4.C2H6.CH2O/c1-31(2,3)27-17-7-21(19-29(27)42(33,34)35)22-8-18-28(30(20-22)43(36,37)38)40-25-13-9-23(10-14-25)39-24-11-15-26(16-12-24)41-32(4,5)6;2*1-2/h7-20H,1-6H3,(H,33,34,35)(H,36,37,38);1-2H3;1H2. The lowest BCUT2D eigenvalue weighted by molar-refractivity contribution is -0.0980. The Hall–Kier alpha value is -3.13. The van der Waals surface area contributed by atoms with Gasteiger partial charge in [0.2, 0.25) is 0 Å². The molecule has 0 aromatic heterocycles. The summed E-state index contributed by atoms with van der Waals surface area (Å²) in [5.74, 6) is 1.30. The summed E-state index contributed by atoms with van der Waals surface area (Å²) in [6, 6.07) is 24.0. The third kappa shape index (κ3) is 11.8. The van der Waals surface area contributed by atoms with Crippen LogP contribution in [-0.2, 0) is 30.4 Å². The Bertz CT molecular complexity index is 1860. The second-order valence-corrected chi connectivity index (χ2v) is 17.7. The topological polar surface area (TPSA) is 135 Å². The van der Waals surface area contributed by atoms with Crippen LogP contribution in [0.2, 0.25) is 0 Å². The first-order valence-corrected chi connectivity index (χ1v) is 19.1. The number of rotatable bonds is 8. The maximum absolute atomic E-state index is 12.4. The number of ether oxygens (including phenoxy) is 1. The minimum atomic E-state index is -4.63. The summed E-state index contributed by atoms with van der Waals surface area (Å²) in [7, 11) is -9.18. The normalized spacial score (nSPS) is 11.9. The minimum Gasteiger partial charge on any atom is -0.457 e. The lowest BCUT2D eigenvalue weighted by Crippen LogP contribution is -2.16.